The van der Waals surface area contributed by atoms with Crippen LogP contribution in [0.5, 0.6) is 0 Å². The van der Waals surface area contributed by atoms with Gasteiger partial charge in [0.15, 0.2) is 0 Å². The minimum absolute atomic E-state index is 0.149. The van der Waals surface area contributed by atoms with Crippen molar-refractivity contribution >= 4 is 40.8 Å². The first-order valence-corrected chi connectivity index (χ1v) is 14.1. The van der Waals surface area contributed by atoms with E-state index in [1.807, 2.05) is 0 Å². The summed E-state index contributed by atoms with van der Waals surface area (Å²) in [4.78, 5) is 33.2. The summed E-state index contributed by atoms with van der Waals surface area (Å²) in [6, 6.07) is 10.1. The molecule has 0 unspecified atom stereocenters. The molecule has 3 aromatic rings. The predicted octanol–water partition coefficient (Wildman–Crippen LogP) is 7.79. The summed E-state index contributed by atoms with van der Waals surface area (Å²) >= 11 is 13.0. The minimum atomic E-state index is -1.04. The molecule has 4 fully saturated rings. The number of amides is 1. The number of aryl methyl sites for hydroxylation is 2. The lowest BCUT2D eigenvalue weighted by Gasteiger charge is -2.57. The number of carbonyl (C=O) groups is 2. The smallest absolute Gasteiger partial charge is 0.336 e. The highest BCUT2D eigenvalue weighted by atomic mass is 35.5. The molecule has 2 aromatic carbocycles. The highest BCUT2D eigenvalue weighted by Gasteiger charge is 2.50. The summed E-state index contributed by atoms with van der Waals surface area (Å²) in [5, 5.41) is 13.3. The first kappa shape index (κ1) is 25.4. The van der Waals surface area contributed by atoms with Crippen molar-refractivity contribution in [1.29, 1.82) is 0 Å². The van der Waals surface area contributed by atoms with Gasteiger partial charge >= 0.3 is 5.97 Å². The van der Waals surface area contributed by atoms with E-state index in [1.54, 1.807) is 37.3 Å². The van der Waals surface area contributed by atoms with Gasteiger partial charge in [0.1, 0.15) is 11.5 Å². The number of carboxylic acids is 1. The maximum atomic E-state index is 13.5. The second-order valence-corrected chi connectivity index (χ2v) is 12.5. The number of aromatic nitrogens is 2. The second-order valence-electron chi connectivity index (χ2n) is 11.7. The van der Waals surface area contributed by atoms with Gasteiger partial charge in [0.2, 0.25) is 0 Å². The number of benzene rings is 2. The number of rotatable bonds is 7. The summed E-state index contributed by atoms with van der Waals surface area (Å²) in [5.74, 6) is 1.60. The van der Waals surface area contributed by atoms with Crippen LogP contribution in [-0.2, 0) is 6.42 Å². The Bertz CT molecular complexity index is 1370. The van der Waals surface area contributed by atoms with Crippen LogP contribution >= 0.6 is 23.2 Å². The van der Waals surface area contributed by atoms with E-state index in [9.17, 15) is 14.7 Å². The van der Waals surface area contributed by atoms with Crippen molar-refractivity contribution < 1.29 is 14.7 Å². The lowest BCUT2D eigenvalue weighted by Crippen LogP contribution is -2.46. The number of hydrogen-bond donors (Lipinski definition) is 3. The molecule has 7 rings (SSSR count). The van der Waals surface area contributed by atoms with Gasteiger partial charge in [-0.3, -0.25) is 4.79 Å². The Morgan fingerprint density at radius 3 is 2.29 bits per heavy atom. The zero-order valence-electron chi connectivity index (χ0n) is 21.3. The number of aromatic amines is 1. The van der Waals surface area contributed by atoms with E-state index in [0.717, 1.165) is 29.9 Å². The number of anilines is 1. The van der Waals surface area contributed by atoms with E-state index in [1.165, 1.54) is 44.6 Å². The fourth-order valence-electron chi connectivity index (χ4n) is 7.73. The molecule has 4 saturated carbocycles. The average molecular weight is 553 g/mol. The maximum Gasteiger partial charge on any atom is 0.336 e. The number of nitrogens with one attached hydrogen (secondary N) is 2. The van der Waals surface area contributed by atoms with Gasteiger partial charge < -0.3 is 15.4 Å². The molecule has 38 heavy (non-hydrogen) atoms. The molecular formula is C30H31Cl2N3O3. The Morgan fingerprint density at radius 1 is 1.05 bits per heavy atom. The Morgan fingerprint density at radius 2 is 1.68 bits per heavy atom. The number of imidazole rings is 1. The molecule has 0 atom stereocenters. The van der Waals surface area contributed by atoms with Crippen LogP contribution in [0.25, 0.3) is 11.4 Å². The summed E-state index contributed by atoms with van der Waals surface area (Å²) in [6.45, 7) is 1.73. The molecule has 1 heterocycles. The number of H-pyrrole nitrogens is 1. The molecular weight excluding hydrogens is 521 g/mol. The van der Waals surface area contributed by atoms with Gasteiger partial charge in [-0.05, 0) is 111 Å². The van der Waals surface area contributed by atoms with Gasteiger partial charge in [0, 0.05) is 11.4 Å². The number of nitrogens with zero attached hydrogens (tertiary/aromatic N) is 1. The van der Waals surface area contributed by atoms with Crippen LogP contribution in [0.2, 0.25) is 10.0 Å². The van der Waals surface area contributed by atoms with E-state index in [0.29, 0.717) is 44.5 Å². The monoisotopic (exact) mass is 551 g/mol. The van der Waals surface area contributed by atoms with Crippen LogP contribution in [0, 0.1) is 30.1 Å². The molecule has 8 heteroatoms. The standard InChI is InChI=1S/C30H31Cl2N3O3/c1-16-5-6-20(12-21(16)29(37)38)33-28(36)26-24(34-27(35-26)25-22(31)3-2-4-23(25)32)7-8-30-13-17-9-18(14-30)11-19(10-17)15-30/h2-6,12,17-19H,7-11,13-15H2,1H3,(H,33,36)(H,34,35)(H,37,38). The van der Waals surface area contributed by atoms with Crippen LogP contribution in [0.3, 0.4) is 0 Å². The molecule has 0 saturated heterocycles. The van der Waals surface area contributed by atoms with Crippen molar-refractivity contribution in [1.82, 2.24) is 9.97 Å². The molecule has 198 valence electrons. The van der Waals surface area contributed by atoms with Crippen molar-refractivity contribution in [3.63, 3.8) is 0 Å². The van der Waals surface area contributed by atoms with Crippen LogP contribution in [0.15, 0.2) is 36.4 Å². The third-order valence-electron chi connectivity index (χ3n) is 8.99. The van der Waals surface area contributed by atoms with Gasteiger partial charge in [-0.2, -0.15) is 0 Å². The van der Waals surface area contributed by atoms with E-state index >= 15 is 0 Å². The van der Waals surface area contributed by atoms with Gasteiger partial charge in [-0.1, -0.05) is 35.3 Å². The minimum Gasteiger partial charge on any atom is -0.478 e. The predicted molar refractivity (Wildman–Crippen MR) is 149 cm³/mol. The van der Waals surface area contributed by atoms with E-state index < -0.39 is 11.9 Å². The number of halogens is 2. The molecule has 3 N–H and O–H groups in total. The van der Waals surface area contributed by atoms with Crippen molar-refractivity contribution in [3.05, 3.63) is 69.0 Å². The number of carboxylic acid groups (broad SMARTS) is 1. The second kappa shape index (κ2) is 9.73. The van der Waals surface area contributed by atoms with E-state index in [4.69, 9.17) is 23.2 Å². The number of hydrogen-bond acceptors (Lipinski definition) is 3. The summed E-state index contributed by atoms with van der Waals surface area (Å²) in [6.07, 6.45) is 9.77. The topological polar surface area (TPSA) is 95.1 Å². The zero-order valence-corrected chi connectivity index (χ0v) is 22.8. The largest absolute Gasteiger partial charge is 0.478 e. The fraction of sp³-hybridized carbons (Fsp3) is 0.433. The number of aromatic carboxylic acids is 1. The van der Waals surface area contributed by atoms with E-state index in [-0.39, 0.29) is 11.3 Å². The maximum absolute atomic E-state index is 13.5. The first-order chi connectivity index (χ1) is 18.2. The molecule has 0 aliphatic heterocycles. The molecule has 6 nitrogen and oxygen atoms in total. The van der Waals surface area contributed by atoms with E-state index in [2.05, 4.69) is 15.3 Å². The molecule has 0 spiro atoms. The third-order valence-corrected chi connectivity index (χ3v) is 9.62. The van der Waals surface area contributed by atoms with Gasteiger partial charge in [-0.15, -0.1) is 0 Å². The number of carbonyl (C=O) groups excluding carboxylic acids is 1. The third kappa shape index (κ3) is 4.73. The summed E-state index contributed by atoms with van der Waals surface area (Å²) in [5.41, 5.74) is 3.15. The average Bonchev–Trinajstić information content (AvgIpc) is 3.27. The van der Waals surface area contributed by atoms with Crippen LogP contribution in [-0.4, -0.2) is 27.0 Å². The lowest BCUT2D eigenvalue weighted by atomic mass is 9.48. The Balaban J connectivity index is 1.31. The normalized spacial score (nSPS) is 25.5. The highest BCUT2D eigenvalue weighted by molar-refractivity contribution is 6.39. The summed E-state index contributed by atoms with van der Waals surface area (Å²) in [7, 11) is 0. The highest BCUT2D eigenvalue weighted by Crippen LogP contribution is 2.61. The van der Waals surface area contributed by atoms with Crippen molar-refractivity contribution in [2.75, 3.05) is 5.32 Å². The van der Waals surface area contributed by atoms with Gasteiger partial charge in [0.25, 0.3) is 5.91 Å². The molecule has 1 aromatic heterocycles. The van der Waals surface area contributed by atoms with Crippen molar-refractivity contribution in [2.45, 2.75) is 58.3 Å². The molecule has 0 radical (unpaired) electrons. The SMILES string of the molecule is Cc1ccc(NC(=O)c2nc(-c3c(Cl)cccc3Cl)[nH]c2CCC23CC4CC(CC(C4)C2)C3)cc1C(=O)O. The quantitative estimate of drug-likeness (QED) is 0.279. The Labute approximate surface area is 232 Å². The fourth-order valence-corrected chi connectivity index (χ4v) is 8.30. The first-order valence-electron chi connectivity index (χ1n) is 13.4. The lowest BCUT2D eigenvalue weighted by molar-refractivity contribution is -0.0570. The zero-order chi connectivity index (χ0) is 26.6. The molecule has 4 aliphatic carbocycles. The Kier molecular flexibility index (Phi) is 6.51. The Hall–Kier alpha value is -2.83. The van der Waals surface area contributed by atoms with Gasteiger partial charge in [-0.25, -0.2) is 9.78 Å². The van der Waals surface area contributed by atoms with Crippen molar-refractivity contribution in [3.8, 4) is 11.4 Å². The summed E-state index contributed by atoms with van der Waals surface area (Å²) < 4.78 is 0. The van der Waals surface area contributed by atoms with Crippen LogP contribution in [0.4, 0.5) is 5.69 Å². The molecule has 4 bridgehead atoms. The van der Waals surface area contributed by atoms with Gasteiger partial charge in [0.05, 0.1) is 21.2 Å². The molecule has 1 amide bonds. The van der Waals surface area contributed by atoms with Crippen LogP contribution in [0.1, 0.15) is 77.0 Å². The van der Waals surface area contributed by atoms with Crippen molar-refractivity contribution in [2.24, 2.45) is 23.2 Å². The molecule has 4 aliphatic rings. The van der Waals surface area contributed by atoms with Crippen LogP contribution < -0.4 is 5.32 Å².